The quantitative estimate of drug-likeness (QED) is 0.657. The molecular formula is C13H18S. The van der Waals surface area contributed by atoms with E-state index < -0.39 is 0 Å². The molecule has 1 aromatic carbocycles. The van der Waals surface area contributed by atoms with Crippen LogP contribution in [0.5, 0.6) is 0 Å². The molecule has 0 unspecified atom stereocenters. The smallest absolute Gasteiger partial charge is 0.0173 e. The summed E-state index contributed by atoms with van der Waals surface area (Å²) in [6.07, 6.45) is 4.06. The molecule has 0 heterocycles. The van der Waals surface area contributed by atoms with Gasteiger partial charge in [-0.3, -0.25) is 0 Å². The van der Waals surface area contributed by atoms with E-state index in [0.29, 0.717) is 5.92 Å². The van der Waals surface area contributed by atoms with Gasteiger partial charge in [0.15, 0.2) is 0 Å². The fraction of sp³-hybridized carbons (Fsp3) is 0.385. The van der Waals surface area contributed by atoms with E-state index >= 15 is 0 Å². The Morgan fingerprint density at radius 1 is 1.36 bits per heavy atom. The molecular weight excluding hydrogens is 188 g/mol. The van der Waals surface area contributed by atoms with Gasteiger partial charge in [0, 0.05) is 4.90 Å². The fourth-order valence-electron chi connectivity index (χ4n) is 1.78. The Hall–Kier alpha value is -0.690. The number of benzene rings is 1. The molecule has 0 aliphatic rings. The maximum atomic E-state index is 3.84. The van der Waals surface area contributed by atoms with E-state index in [1.807, 2.05) is 6.08 Å². The van der Waals surface area contributed by atoms with Crippen LogP contribution in [0.15, 0.2) is 23.6 Å². The lowest BCUT2D eigenvalue weighted by Crippen LogP contribution is -1.95. The van der Waals surface area contributed by atoms with Gasteiger partial charge in [-0.2, -0.15) is 0 Å². The Balaban J connectivity index is 3.34. The molecule has 1 heteroatoms. The summed E-state index contributed by atoms with van der Waals surface area (Å²) < 4.78 is 0. The zero-order chi connectivity index (χ0) is 10.7. The summed E-state index contributed by atoms with van der Waals surface area (Å²) in [7, 11) is 0. The average molecular weight is 206 g/mol. The van der Waals surface area contributed by atoms with Gasteiger partial charge in [0.1, 0.15) is 0 Å². The van der Waals surface area contributed by atoms with Crippen LogP contribution in [0.25, 0.3) is 6.08 Å². The molecule has 0 saturated carbocycles. The van der Waals surface area contributed by atoms with Crippen molar-refractivity contribution >= 4 is 17.8 Å². The summed E-state index contributed by atoms with van der Waals surface area (Å²) in [6, 6.07) is 4.39. The van der Waals surface area contributed by atoms with Gasteiger partial charge in [-0.15, -0.1) is 11.8 Å². The van der Waals surface area contributed by atoms with E-state index in [1.54, 1.807) is 11.8 Å². The van der Waals surface area contributed by atoms with E-state index in [0.717, 1.165) is 0 Å². The van der Waals surface area contributed by atoms with Gasteiger partial charge in [0.05, 0.1) is 0 Å². The lowest BCUT2D eigenvalue weighted by molar-refractivity contribution is 0.849. The first kappa shape index (κ1) is 11.4. The van der Waals surface area contributed by atoms with E-state index in [2.05, 4.69) is 45.7 Å². The number of hydrogen-bond acceptors (Lipinski definition) is 1. The average Bonchev–Trinajstić information content (AvgIpc) is 2.16. The van der Waals surface area contributed by atoms with E-state index in [4.69, 9.17) is 0 Å². The van der Waals surface area contributed by atoms with Crippen LogP contribution in [0, 0.1) is 6.92 Å². The van der Waals surface area contributed by atoms with E-state index in [1.165, 1.54) is 21.6 Å². The minimum Gasteiger partial charge on any atom is -0.129 e. The van der Waals surface area contributed by atoms with Crippen molar-refractivity contribution in [2.24, 2.45) is 0 Å². The predicted molar refractivity (Wildman–Crippen MR) is 67.1 cm³/mol. The standard InChI is InChI=1S/C13H18S/c1-6-11-7-8-12(9(2)3)10(4)13(11)14-5/h6-9H,1H2,2-5H3. The van der Waals surface area contributed by atoms with Gasteiger partial charge in [0.25, 0.3) is 0 Å². The minimum absolute atomic E-state index is 0.597. The second kappa shape index (κ2) is 4.70. The Morgan fingerprint density at radius 3 is 2.43 bits per heavy atom. The molecule has 76 valence electrons. The molecule has 0 aliphatic carbocycles. The van der Waals surface area contributed by atoms with Crippen LogP contribution in [0.2, 0.25) is 0 Å². The highest BCUT2D eigenvalue weighted by Crippen LogP contribution is 2.31. The molecule has 14 heavy (non-hydrogen) atoms. The molecule has 0 spiro atoms. The lowest BCUT2D eigenvalue weighted by atomic mass is 9.96. The van der Waals surface area contributed by atoms with Crippen molar-refractivity contribution in [3.63, 3.8) is 0 Å². The molecule has 0 aliphatic heterocycles. The number of rotatable bonds is 3. The van der Waals surface area contributed by atoms with Crippen molar-refractivity contribution in [2.45, 2.75) is 31.6 Å². The maximum Gasteiger partial charge on any atom is 0.0173 e. The first-order valence-electron chi connectivity index (χ1n) is 4.91. The van der Waals surface area contributed by atoms with Crippen molar-refractivity contribution in [1.29, 1.82) is 0 Å². The molecule has 0 amide bonds. The van der Waals surface area contributed by atoms with Crippen molar-refractivity contribution in [3.05, 3.63) is 35.4 Å². The third-order valence-corrected chi connectivity index (χ3v) is 3.47. The lowest BCUT2D eigenvalue weighted by Gasteiger charge is -2.15. The summed E-state index contributed by atoms with van der Waals surface area (Å²) in [4.78, 5) is 1.37. The van der Waals surface area contributed by atoms with Gasteiger partial charge in [-0.05, 0) is 35.8 Å². The zero-order valence-corrected chi connectivity index (χ0v) is 10.2. The van der Waals surface area contributed by atoms with Gasteiger partial charge in [-0.1, -0.05) is 38.6 Å². The Kier molecular flexibility index (Phi) is 3.82. The fourth-order valence-corrected chi connectivity index (χ4v) is 2.60. The molecule has 0 radical (unpaired) electrons. The summed E-state index contributed by atoms with van der Waals surface area (Å²) in [5, 5.41) is 0. The van der Waals surface area contributed by atoms with Crippen LogP contribution in [0.4, 0.5) is 0 Å². The van der Waals surface area contributed by atoms with E-state index in [-0.39, 0.29) is 0 Å². The largest absolute Gasteiger partial charge is 0.129 e. The molecule has 1 aromatic rings. The molecule has 0 N–H and O–H groups in total. The van der Waals surface area contributed by atoms with Crippen molar-refractivity contribution < 1.29 is 0 Å². The maximum absolute atomic E-state index is 3.84. The third-order valence-electron chi connectivity index (χ3n) is 2.52. The zero-order valence-electron chi connectivity index (χ0n) is 9.42. The van der Waals surface area contributed by atoms with Crippen LogP contribution in [0.1, 0.15) is 36.5 Å². The van der Waals surface area contributed by atoms with Crippen LogP contribution < -0.4 is 0 Å². The van der Waals surface area contributed by atoms with Gasteiger partial charge >= 0.3 is 0 Å². The highest BCUT2D eigenvalue weighted by atomic mass is 32.2. The van der Waals surface area contributed by atoms with E-state index in [9.17, 15) is 0 Å². The van der Waals surface area contributed by atoms with Crippen molar-refractivity contribution in [1.82, 2.24) is 0 Å². The van der Waals surface area contributed by atoms with Crippen LogP contribution >= 0.6 is 11.8 Å². The molecule has 0 aromatic heterocycles. The first-order valence-corrected chi connectivity index (χ1v) is 6.14. The van der Waals surface area contributed by atoms with Gasteiger partial charge in [-0.25, -0.2) is 0 Å². The SMILES string of the molecule is C=Cc1ccc(C(C)C)c(C)c1SC. The topological polar surface area (TPSA) is 0 Å². The number of hydrogen-bond donors (Lipinski definition) is 0. The molecule has 0 fully saturated rings. The van der Waals surface area contributed by atoms with Crippen molar-refractivity contribution in [2.75, 3.05) is 6.26 Å². The van der Waals surface area contributed by atoms with Crippen LogP contribution in [0.3, 0.4) is 0 Å². The first-order chi connectivity index (χ1) is 6.61. The molecule has 0 atom stereocenters. The summed E-state index contributed by atoms with van der Waals surface area (Å²) in [5.74, 6) is 0.597. The predicted octanol–water partition coefficient (Wildman–Crippen LogP) is 4.48. The second-order valence-corrected chi connectivity index (χ2v) is 4.58. The Bertz CT molecular complexity index is 337. The normalized spacial score (nSPS) is 10.6. The molecule has 0 nitrogen and oxygen atoms in total. The molecule has 1 rings (SSSR count). The number of thioether (sulfide) groups is 1. The van der Waals surface area contributed by atoms with Crippen LogP contribution in [-0.4, -0.2) is 6.26 Å². The summed E-state index contributed by atoms with van der Waals surface area (Å²) in [5.41, 5.74) is 4.10. The van der Waals surface area contributed by atoms with Crippen LogP contribution in [-0.2, 0) is 0 Å². The molecule has 0 saturated heterocycles. The minimum atomic E-state index is 0.597. The van der Waals surface area contributed by atoms with Gasteiger partial charge in [0.2, 0.25) is 0 Å². The molecule has 0 bridgehead atoms. The highest BCUT2D eigenvalue weighted by molar-refractivity contribution is 7.98. The summed E-state index contributed by atoms with van der Waals surface area (Å²) in [6.45, 7) is 10.5. The highest BCUT2D eigenvalue weighted by Gasteiger charge is 2.09. The second-order valence-electron chi connectivity index (χ2n) is 3.76. The Labute approximate surface area is 91.4 Å². The third kappa shape index (κ3) is 2.03. The van der Waals surface area contributed by atoms with Crippen molar-refractivity contribution in [3.8, 4) is 0 Å². The van der Waals surface area contributed by atoms with Gasteiger partial charge < -0.3 is 0 Å². The monoisotopic (exact) mass is 206 g/mol. The Morgan fingerprint density at radius 2 is 2.00 bits per heavy atom. The summed E-state index contributed by atoms with van der Waals surface area (Å²) >= 11 is 1.81.